The highest BCUT2D eigenvalue weighted by molar-refractivity contribution is 5.33. The van der Waals surface area contributed by atoms with Crippen LogP contribution in [-0.2, 0) is 5.41 Å². The normalized spacial score (nSPS) is 42.9. The van der Waals surface area contributed by atoms with Gasteiger partial charge in [0.15, 0.2) is 0 Å². The van der Waals surface area contributed by atoms with E-state index >= 15 is 0 Å². The number of aromatic nitrogens is 2. The molecule has 4 aliphatic carbocycles. The van der Waals surface area contributed by atoms with Crippen molar-refractivity contribution in [1.29, 1.82) is 0 Å². The first-order chi connectivity index (χ1) is 8.23. The fraction of sp³-hybridized carbons (Fsp3) is 0.714. The summed E-state index contributed by atoms with van der Waals surface area (Å²) in [7, 11) is 0. The van der Waals surface area contributed by atoms with E-state index in [-0.39, 0.29) is 0 Å². The van der Waals surface area contributed by atoms with Crippen LogP contribution in [0, 0.1) is 17.8 Å². The van der Waals surface area contributed by atoms with E-state index in [1.165, 1.54) is 44.2 Å². The van der Waals surface area contributed by atoms with Crippen LogP contribution in [0.15, 0.2) is 12.4 Å². The molecule has 0 aromatic carbocycles. The number of rotatable bonds is 1. The van der Waals surface area contributed by atoms with Crippen LogP contribution in [0.4, 0.5) is 5.82 Å². The fourth-order valence-electron chi connectivity index (χ4n) is 5.09. The average molecular weight is 229 g/mol. The van der Waals surface area contributed by atoms with Gasteiger partial charge in [0.05, 0.1) is 5.69 Å². The van der Waals surface area contributed by atoms with Crippen molar-refractivity contribution in [3.63, 3.8) is 0 Å². The predicted molar refractivity (Wildman–Crippen MR) is 66.3 cm³/mol. The van der Waals surface area contributed by atoms with Crippen LogP contribution < -0.4 is 5.73 Å². The van der Waals surface area contributed by atoms with Crippen LogP contribution in [0.2, 0.25) is 0 Å². The first kappa shape index (κ1) is 9.86. The first-order valence-electron chi connectivity index (χ1n) is 6.81. The lowest BCUT2D eigenvalue weighted by Gasteiger charge is -2.56. The van der Waals surface area contributed by atoms with Gasteiger partial charge in [0.2, 0.25) is 0 Å². The molecule has 0 aliphatic heterocycles. The summed E-state index contributed by atoms with van der Waals surface area (Å²) >= 11 is 0. The third-order valence-electron chi connectivity index (χ3n) is 5.27. The van der Waals surface area contributed by atoms with Crippen LogP contribution in [0.1, 0.15) is 44.2 Å². The van der Waals surface area contributed by atoms with Crippen LogP contribution in [0.5, 0.6) is 0 Å². The lowest BCUT2D eigenvalue weighted by Crippen LogP contribution is -2.48. The van der Waals surface area contributed by atoms with Gasteiger partial charge in [0, 0.05) is 11.5 Å². The van der Waals surface area contributed by atoms with Crippen molar-refractivity contribution in [2.45, 2.75) is 43.9 Å². The number of nitrogens with two attached hydrogens (primary N) is 1. The van der Waals surface area contributed by atoms with Gasteiger partial charge in [-0.2, -0.15) is 0 Å². The zero-order valence-electron chi connectivity index (χ0n) is 10.1. The van der Waals surface area contributed by atoms with Crippen molar-refractivity contribution >= 4 is 5.82 Å². The summed E-state index contributed by atoms with van der Waals surface area (Å²) in [5.74, 6) is 3.50. The van der Waals surface area contributed by atoms with Crippen LogP contribution >= 0.6 is 0 Å². The van der Waals surface area contributed by atoms with E-state index in [9.17, 15) is 0 Å². The van der Waals surface area contributed by atoms with Crippen molar-refractivity contribution < 1.29 is 0 Å². The van der Waals surface area contributed by atoms with Gasteiger partial charge in [-0.25, -0.2) is 9.97 Å². The Balaban J connectivity index is 1.77. The SMILES string of the molecule is Nc1cc(C23CC4CC(CC(C4)C2)C3)ncn1. The molecule has 0 spiro atoms. The molecule has 90 valence electrons. The topological polar surface area (TPSA) is 51.8 Å². The molecule has 4 bridgehead atoms. The van der Waals surface area contributed by atoms with Crippen molar-refractivity contribution in [2.24, 2.45) is 17.8 Å². The summed E-state index contributed by atoms with van der Waals surface area (Å²) < 4.78 is 0. The van der Waals surface area contributed by atoms with E-state index in [2.05, 4.69) is 9.97 Å². The van der Waals surface area contributed by atoms with E-state index in [1.807, 2.05) is 6.07 Å². The molecule has 0 atom stereocenters. The lowest BCUT2D eigenvalue weighted by atomic mass is 9.49. The number of nitrogen functional groups attached to an aromatic ring is 1. The molecule has 1 heterocycles. The second-order valence-corrected chi connectivity index (χ2v) is 6.53. The zero-order valence-corrected chi connectivity index (χ0v) is 10.1. The zero-order chi connectivity index (χ0) is 11.5. The highest BCUT2D eigenvalue weighted by Crippen LogP contribution is 2.60. The Kier molecular flexibility index (Phi) is 1.86. The minimum atomic E-state index is 0.353. The van der Waals surface area contributed by atoms with Crippen LogP contribution in [0.3, 0.4) is 0 Å². The maximum absolute atomic E-state index is 5.83. The quantitative estimate of drug-likeness (QED) is 0.805. The summed E-state index contributed by atoms with van der Waals surface area (Å²) in [6.45, 7) is 0. The maximum atomic E-state index is 5.83. The Morgan fingerprint density at radius 1 is 1.00 bits per heavy atom. The third-order valence-corrected chi connectivity index (χ3v) is 5.27. The first-order valence-corrected chi connectivity index (χ1v) is 6.81. The van der Waals surface area contributed by atoms with Crippen LogP contribution in [0.25, 0.3) is 0 Å². The van der Waals surface area contributed by atoms with Crippen molar-refractivity contribution in [1.82, 2.24) is 9.97 Å². The molecule has 3 heteroatoms. The van der Waals surface area contributed by atoms with E-state index in [0.29, 0.717) is 11.2 Å². The van der Waals surface area contributed by atoms with Gasteiger partial charge in [-0.15, -0.1) is 0 Å². The molecule has 4 aliphatic rings. The molecule has 0 saturated heterocycles. The Morgan fingerprint density at radius 3 is 2.12 bits per heavy atom. The van der Waals surface area contributed by atoms with Crippen LogP contribution in [-0.4, -0.2) is 9.97 Å². The highest BCUT2D eigenvalue weighted by atomic mass is 14.9. The Morgan fingerprint density at radius 2 is 1.59 bits per heavy atom. The molecule has 2 N–H and O–H groups in total. The molecule has 1 aromatic heterocycles. The second kappa shape index (κ2) is 3.21. The molecule has 17 heavy (non-hydrogen) atoms. The Labute approximate surface area is 102 Å². The van der Waals surface area contributed by atoms with Gasteiger partial charge in [0.1, 0.15) is 12.1 Å². The minimum Gasteiger partial charge on any atom is -0.384 e. The molecule has 1 aromatic rings. The predicted octanol–water partition coefficient (Wildman–Crippen LogP) is 2.53. The summed E-state index contributed by atoms with van der Waals surface area (Å²) in [5.41, 5.74) is 7.41. The van der Waals surface area contributed by atoms with Crippen molar-refractivity contribution in [2.75, 3.05) is 5.73 Å². The molecule has 5 rings (SSSR count). The van der Waals surface area contributed by atoms with E-state index in [4.69, 9.17) is 5.73 Å². The van der Waals surface area contributed by atoms with Gasteiger partial charge in [-0.1, -0.05) is 0 Å². The lowest BCUT2D eigenvalue weighted by molar-refractivity contribution is -0.00723. The van der Waals surface area contributed by atoms with Crippen molar-refractivity contribution in [3.8, 4) is 0 Å². The van der Waals surface area contributed by atoms with Crippen molar-refractivity contribution in [3.05, 3.63) is 18.1 Å². The van der Waals surface area contributed by atoms with E-state index in [1.54, 1.807) is 6.33 Å². The summed E-state index contributed by atoms with van der Waals surface area (Å²) in [5, 5.41) is 0. The van der Waals surface area contributed by atoms with E-state index < -0.39 is 0 Å². The van der Waals surface area contributed by atoms with Gasteiger partial charge in [0.25, 0.3) is 0 Å². The molecule has 0 radical (unpaired) electrons. The van der Waals surface area contributed by atoms with Gasteiger partial charge in [-0.05, 0) is 56.3 Å². The molecule has 4 saturated carbocycles. The largest absolute Gasteiger partial charge is 0.384 e. The third kappa shape index (κ3) is 1.41. The smallest absolute Gasteiger partial charge is 0.127 e. The van der Waals surface area contributed by atoms with Gasteiger partial charge in [-0.3, -0.25) is 0 Å². The number of anilines is 1. The monoisotopic (exact) mass is 229 g/mol. The molecule has 0 unspecified atom stereocenters. The molecule has 0 amide bonds. The number of nitrogens with zero attached hydrogens (tertiary/aromatic N) is 2. The Bertz CT molecular complexity index is 419. The highest BCUT2D eigenvalue weighted by Gasteiger charge is 2.52. The van der Waals surface area contributed by atoms with Gasteiger partial charge < -0.3 is 5.73 Å². The second-order valence-electron chi connectivity index (χ2n) is 6.53. The average Bonchev–Trinajstić information content (AvgIpc) is 2.27. The summed E-state index contributed by atoms with van der Waals surface area (Å²) in [6, 6.07) is 2.02. The minimum absolute atomic E-state index is 0.353. The molecular weight excluding hydrogens is 210 g/mol. The fourth-order valence-corrected chi connectivity index (χ4v) is 5.09. The Hall–Kier alpha value is -1.12. The molecule has 3 nitrogen and oxygen atoms in total. The standard InChI is InChI=1S/C14H19N3/c15-13-4-12(16-8-17-13)14-5-9-1-10(6-14)3-11(2-9)7-14/h4,8-11H,1-3,5-7H2,(H2,15,16,17). The number of hydrogen-bond donors (Lipinski definition) is 1. The molecule has 4 fully saturated rings. The van der Waals surface area contributed by atoms with Gasteiger partial charge >= 0.3 is 0 Å². The maximum Gasteiger partial charge on any atom is 0.127 e. The van der Waals surface area contributed by atoms with E-state index in [0.717, 1.165) is 17.8 Å². The molecular formula is C14H19N3. The summed E-state index contributed by atoms with van der Waals surface area (Å²) in [6.07, 6.45) is 10.1. The summed E-state index contributed by atoms with van der Waals surface area (Å²) in [4.78, 5) is 8.57. The number of hydrogen-bond acceptors (Lipinski definition) is 3.